The summed E-state index contributed by atoms with van der Waals surface area (Å²) in [5.74, 6) is -0.411. The van der Waals surface area contributed by atoms with Gasteiger partial charge in [-0.2, -0.15) is 5.10 Å². The van der Waals surface area contributed by atoms with Crippen molar-refractivity contribution in [1.82, 2.24) is 15.1 Å². The van der Waals surface area contributed by atoms with Gasteiger partial charge in [-0.05, 0) is 41.8 Å². The predicted octanol–water partition coefficient (Wildman–Crippen LogP) is 4.46. The van der Waals surface area contributed by atoms with Crippen LogP contribution in [-0.4, -0.2) is 29.2 Å². The Labute approximate surface area is 206 Å². The molecule has 7 nitrogen and oxygen atoms in total. The summed E-state index contributed by atoms with van der Waals surface area (Å²) in [5.41, 5.74) is 3.64. The molecule has 0 radical (unpaired) electrons. The number of fused-ring (bicyclic) bond motifs is 1. The molecule has 2 N–H and O–H groups in total. The summed E-state index contributed by atoms with van der Waals surface area (Å²) in [5, 5.41) is 18.5. The first-order chi connectivity index (χ1) is 16.1. The number of thiophene rings is 1. The van der Waals surface area contributed by atoms with Crippen LogP contribution in [-0.2, 0) is 33.5 Å². The van der Waals surface area contributed by atoms with Crippen molar-refractivity contribution in [2.45, 2.75) is 43.0 Å². The van der Waals surface area contributed by atoms with E-state index in [9.17, 15) is 18.3 Å². The molecule has 10 heteroatoms. The van der Waals surface area contributed by atoms with Gasteiger partial charge in [-0.1, -0.05) is 48.0 Å². The van der Waals surface area contributed by atoms with Crippen molar-refractivity contribution in [2.24, 2.45) is 0 Å². The molecule has 0 fully saturated rings. The van der Waals surface area contributed by atoms with Crippen molar-refractivity contribution in [2.75, 3.05) is 0 Å². The number of aromatic nitrogens is 2. The monoisotopic (exact) mass is 517 g/mol. The third kappa shape index (κ3) is 5.33. The normalized spacial score (nSPS) is 12.7. The van der Waals surface area contributed by atoms with Gasteiger partial charge in [-0.15, -0.1) is 11.3 Å². The van der Waals surface area contributed by atoms with Crippen LogP contribution in [0.2, 0.25) is 4.34 Å². The van der Waals surface area contributed by atoms with E-state index in [-0.39, 0.29) is 15.9 Å². The molecule has 0 bridgehead atoms. The summed E-state index contributed by atoms with van der Waals surface area (Å²) in [6.07, 6.45) is -0.792. The molecule has 34 heavy (non-hydrogen) atoms. The summed E-state index contributed by atoms with van der Waals surface area (Å²) in [6.45, 7) is 3.94. The summed E-state index contributed by atoms with van der Waals surface area (Å²) in [7, 11) is -3.67. The maximum absolute atomic E-state index is 13.1. The molecule has 1 amide bonds. The number of aliphatic hydroxyl groups is 1. The van der Waals surface area contributed by atoms with Gasteiger partial charge in [0.1, 0.15) is 9.96 Å². The van der Waals surface area contributed by atoms with Gasteiger partial charge in [-0.25, -0.2) is 8.42 Å². The molecule has 0 aliphatic heterocycles. The predicted molar refractivity (Wildman–Crippen MR) is 134 cm³/mol. The van der Waals surface area contributed by atoms with Gasteiger partial charge in [0.15, 0.2) is 9.84 Å². The van der Waals surface area contributed by atoms with Gasteiger partial charge < -0.3 is 10.4 Å². The quantitative estimate of drug-likeness (QED) is 0.359. The second-order valence-corrected chi connectivity index (χ2v) is 12.0. The SMILES string of the molecule is CC(=O)NCc1cccc(Cn2nc(CS(=O)(=O)c3ccc(Cl)s3)c3c(C(C)O)cccc32)c1. The largest absolute Gasteiger partial charge is 0.389 e. The minimum atomic E-state index is -3.67. The Bertz CT molecular complexity index is 1460. The van der Waals surface area contributed by atoms with Crippen LogP contribution in [0.3, 0.4) is 0 Å². The Kier molecular flexibility index (Phi) is 7.09. The molecule has 1 atom stereocenters. The average molecular weight is 518 g/mol. The van der Waals surface area contributed by atoms with E-state index in [1.165, 1.54) is 13.0 Å². The Morgan fingerprint density at radius 3 is 2.59 bits per heavy atom. The van der Waals surface area contributed by atoms with Crippen molar-refractivity contribution < 1.29 is 18.3 Å². The molecule has 0 saturated heterocycles. The number of carbonyl (C=O) groups is 1. The number of nitrogens with zero attached hydrogens (tertiary/aromatic N) is 2. The number of amides is 1. The molecule has 4 aromatic rings. The van der Waals surface area contributed by atoms with Crippen LogP contribution in [0.1, 0.15) is 42.3 Å². The van der Waals surface area contributed by atoms with Gasteiger partial charge in [-0.3, -0.25) is 9.48 Å². The smallest absolute Gasteiger partial charge is 0.217 e. The van der Waals surface area contributed by atoms with Crippen LogP contribution < -0.4 is 5.32 Å². The molecule has 0 aliphatic rings. The molecule has 1 unspecified atom stereocenters. The summed E-state index contributed by atoms with van der Waals surface area (Å²) < 4.78 is 28.5. The minimum Gasteiger partial charge on any atom is -0.389 e. The van der Waals surface area contributed by atoms with E-state index in [0.29, 0.717) is 34.1 Å². The van der Waals surface area contributed by atoms with E-state index < -0.39 is 15.9 Å². The maximum atomic E-state index is 13.1. The number of rotatable bonds is 8. The first-order valence-electron chi connectivity index (χ1n) is 10.6. The first-order valence-corrected chi connectivity index (χ1v) is 13.5. The van der Waals surface area contributed by atoms with Crippen LogP contribution in [0.5, 0.6) is 0 Å². The zero-order valence-corrected chi connectivity index (χ0v) is 21.0. The Morgan fingerprint density at radius 2 is 1.91 bits per heavy atom. The number of sulfone groups is 1. The highest BCUT2D eigenvalue weighted by molar-refractivity contribution is 7.92. The second kappa shape index (κ2) is 9.87. The molecular weight excluding hydrogens is 494 g/mol. The highest BCUT2D eigenvalue weighted by atomic mass is 35.5. The van der Waals surface area contributed by atoms with E-state index in [1.54, 1.807) is 23.7 Å². The fourth-order valence-electron chi connectivity index (χ4n) is 3.86. The van der Waals surface area contributed by atoms with Crippen LogP contribution in [0, 0.1) is 0 Å². The Hall–Kier alpha value is -2.72. The zero-order chi connectivity index (χ0) is 24.5. The lowest BCUT2D eigenvalue weighted by Crippen LogP contribution is -2.19. The minimum absolute atomic E-state index is 0.105. The molecule has 0 aliphatic carbocycles. The van der Waals surface area contributed by atoms with Crippen LogP contribution >= 0.6 is 22.9 Å². The van der Waals surface area contributed by atoms with E-state index >= 15 is 0 Å². The molecule has 2 aromatic heterocycles. The van der Waals surface area contributed by atoms with Crippen molar-refractivity contribution in [3.63, 3.8) is 0 Å². The standard InChI is InChI=1S/C24H24ClN3O4S2/c1-15(29)19-7-4-8-21-24(19)20(14-34(31,32)23-10-9-22(25)33-23)27-28(21)13-18-6-3-5-17(11-18)12-26-16(2)30/h3-11,15,29H,12-14H2,1-2H3,(H,26,30). The Morgan fingerprint density at radius 1 is 1.18 bits per heavy atom. The number of hydrogen-bond donors (Lipinski definition) is 2. The van der Waals surface area contributed by atoms with Crippen LogP contribution in [0.15, 0.2) is 58.8 Å². The molecular formula is C24H24ClN3O4S2. The third-order valence-electron chi connectivity index (χ3n) is 5.38. The number of aliphatic hydroxyl groups excluding tert-OH is 1. The van der Waals surface area contributed by atoms with Crippen LogP contribution in [0.25, 0.3) is 10.9 Å². The van der Waals surface area contributed by atoms with Gasteiger partial charge in [0.25, 0.3) is 0 Å². The lowest BCUT2D eigenvalue weighted by atomic mass is 10.0. The molecule has 0 spiro atoms. The summed E-state index contributed by atoms with van der Waals surface area (Å²) in [4.78, 5) is 11.2. The Balaban J connectivity index is 1.75. The van der Waals surface area contributed by atoms with Crippen molar-refractivity contribution in [1.29, 1.82) is 0 Å². The highest BCUT2D eigenvalue weighted by Crippen LogP contribution is 2.32. The fourth-order valence-corrected chi connectivity index (χ4v) is 6.71. The van der Waals surface area contributed by atoms with Gasteiger partial charge in [0, 0.05) is 18.9 Å². The van der Waals surface area contributed by atoms with E-state index in [2.05, 4.69) is 10.4 Å². The number of nitrogens with one attached hydrogen (secondary N) is 1. The van der Waals surface area contributed by atoms with Gasteiger partial charge >= 0.3 is 0 Å². The zero-order valence-electron chi connectivity index (χ0n) is 18.7. The number of halogens is 1. The van der Waals surface area contributed by atoms with E-state index in [1.807, 2.05) is 36.4 Å². The van der Waals surface area contributed by atoms with Gasteiger partial charge in [0.05, 0.1) is 28.2 Å². The average Bonchev–Trinajstić information content (AvgIpc) is 3.37. The molecule has 2 aromatic carbocycles. The molecule has 178 valence electrons. The van der Waals surface area contributed by atoms with Crippen molar-refractivity contribution in [3.05, 3.63) is 81.3 Å². The van der Waals surface area contributed by atoms with Crippen molar-refractivity contribution in [3.8, 4) is 0 Å². The van der Waals surface area contributed by atoms with E-state index in [4.69, 9.17) is 11.6 Å². The second-order valence-electron chi connectivity index (χ2n) is 8.07. The lowest BCUT2D eigenvalue weighted by Gasteiger charge is -2.09. The van der Waals surface area contributed by atoms with Gasteiger partial charge in [0.2, 0.25) is 5.91 Å². The molecule has 4 rings (SSSR count). The topological polar surface area (TPSA) is 101 Å². The molecule has 2 heterocycles. The lowest BCUT2D eigenvalue weighted by molar-refractivity contribution is -0.119. The van der Waals surface area contributed by atoms with Crippen LogP contribution in [0.4, 0.5) is 0 Å². The third-order valence-corrected chi connectivity index (χ3v) is 8.82. The van der Waals surface area contributed by atoms with Crippen molar-refractivity contribution >= 4 is 49.6 Å². The highest BCUT2D eigenvalue weighted by Gasteiger charge is 2.24. The summed E-state index contributed by atoms with van der Waals surface area (Å²) >= 11 is 6.97. The number of hydrogen-bond acceptors (Lipinski definition) is 6. The fraction of sp³-hybridized carbons (Fsp3) is 0.250. The number of benzene rings is 2. The maximum Gasteiger partial charge on any atom is 0.217 e. The molecule has 0 saturated carbocycles. The summed E-state index contributed by atoms with van der Waals surface area (Å²) in [6, 6.07) is 16.3. The first kappa shape index (κ1) is 24.4. The van der Waals surface area contributed by atoms with E-state index in [0.717, 1.165) is 28.0 Å². The number of carbonyl (C=O) groups excluding carboxylic acids is 1.